The van der Waals surface area contributed by atoms with Crippen LogP contribution in [-0.2, 0) is 28.5 Å². The number of esters is 2. The maximum atomic E-state index is 12.5. The summed E-state index contributed by atoms with van der Waals surface area (Å²) < 4.78 is 21.9. The minimum atomic E-state index is -1.59. The van der Waals surface area contributed by atoms with Crippen molar-refractivity contribution in [3.8, 4) is 0 Å². The minimum absolute atomic E-state index is 0.219. The third-order valence-corrected chi connectivity index (χ3v) is 7.90. The number of aliphatic hydroxyl groups excluding tert-OH is 4. The van der Waals surface area contributed by atoms with Gasteiger partial charge in [-0.05, 0) is 38.5 Å². The van der Waals surface area contributed by atoms with Crippen molar-refractivity contribution in [2.45, 2.75) is 173 Å². The molecule has 0 saturated carbocycles. The molecule has 0 bridgehead atoms. The van der Waals surface area contributed by atoms with Crippen molar-refractivity contribution in [3.05, 3.63) is 12.2 Å². The first-order valence-corrected chi connectivity index (χ1v) is 17.3. The van der Waals surface area contributed by atoms with Crippen LogP contribution < -0.4 is 0 Å². The average molecular weight is 631 g/mol. The molecule has 0 aliphatic carbocycles. The lowest BCUT2D eigenvalue weighted by Gasteiger charge is -2.39. The molecule has 4 N–H and O–H groups in total. The first kappa shape index (κ1) is 40.5. The van der Waals surface area contributed by atoms with Crippen LogP contribution in [0.1, 0.15) is 136 Å². The van der Waals surface area contributed by atoms with E-state index in [0.717, 1.165) is 64.2 Å². The highest BCUT2D eigenvalue weighted by molar-refractivity contribution is 5.70. The van der Waals surface area contributed by atoms with Crippen molar-refractivity contribution in [1.29, 1.82) is 0 Å². The Bertz CT molecular complexity index is 744. The quantitative estimate of drug-likeness (QED) is 0.0537. The van der Waals surface area contributed by atoms with Gasteiger partial charge in [-0.2, -0.15) is 0 Å². The summed E-state index contributed by atoms with van der Waals surface area (Å²) in [6, 6.07) is 0. The van der Waals surface area contributed by atoms with Crippen molar-refractivity contribution in [2.24, 2.45) is 0 Å². The molecule has 6 atom stereocenters. The molecule has 0 radical (unpaired) electrons. The van der Waals surface area contributed by atoms with Crippen LogP contribution in [0.4, 0.5) is 0 Å². The van der Waals surface area contributed by atoms with Gasteiger partial charge in [0.1, 0.15) is 31.0 Å². The van der Waals surface area contributed by atoms with E-state index in [2.05, 4.69) is 26.0 Å². The number of carbonyl (C=O) groups is 2. The molecule has 10 nitrogen and oxygen atoms in total. The summed E-state index contributed by atoms with van der Waals surface area (Å²) in [5.41, 5.74) is 0. The summed E-state index contributed by atoms with van der Waals surface area (Å²) in [6.07, 6.45) is 15.4. The van der Waals surface area contributed by atoms with Gasteiger partial charge >= 0.3 is 11.9 Å². The summed E-state index contributed by atoms with van der Waals surface area (Å²) in [6.45, 7) is 3.30. The highest BCUT2D eigenvalue weighted by Gasteiger charge is 2.44. The molecular formula is C34H62O10. The largest absolute Gasteiger partial charge is 0.462 e. The zero-order valence-electron chi connectivity index (χ0n) is 27.4. The third kappa shape index (κ3) is 19.1. The average Bonchev–Trinajstić information content (AvgIpc) is 3.02. The van der Waals surface area contributed by atoms with Crippen molar-refractivity contribution in [3.63, 3.8) is 0 Å². The fourth-order valence-corrected chi connectivity index (χ4v) is 5.06. The smallest absolute Gasteiger partial charge is 0.306 e. The maximum absolute atomic E-state index is 12.5. The molecule has 0 aromatic rings. The van der Waals surface area contributed by atoms with Crippen LogP contribution >= 0.6 is 0 Å². The van der Waals surface area contributed by atoms with Crippen molar-refractivity contribution in [1.82, 2.24) is 0 Å². The van der Waals surface area contributed by atoms with Gasteiger partial charge in [0.05, 0.1) is 13.2 Å². The maximum Gasteiger partial charge on any atom is 0.306 e. The van der Waals surface area contributed by atoms with Gasteiger partial charge in [0, 0.05) is 12.8 Å². The SMILES string of the molecule is CCCCC/C=C/CCCCCCCC(=O)OC[C@@H](CO[C@H]1O[C@@H](CO)[C@@H](O)C(O)C1O)OC(=O)CCCCCCCCC. The van der Waals surface area contributed by atoms with E-state index >= 15 is 0 Å². The molecule has 258 valence electrons. The first-order valence-electron chi connectivity index (χ1n) is 17.3. The fraction of sp³-hybridized carbons (Fsp3) is 0.882. The van der Waals surface area contributed by atoms with Crippen LogP contribution in [0.3, 0.4) is 0 Å². The molecule has 10 heteroatoms. The number of aliphatic hydroxyl groups is 4. The summed E-state index contributed by atoms with van der Waals surface area (Å²) in [7, 11) is 0. The zero-order chi connectivity index (χ0) is 32.4. The van der Waals surface area contributed by atoms with E-state index < -0.39 is 49.4 Å². The van der Waals surface area contributed by atoms with Gasteiger partial charge in [0.15, 0.2) is 12.4 Å². The molecule has 0 aromatic carbocycles. The van der Waals surface area contributed by atoms with E-state index in [9.17, 15) is 30.0 Å². The fourth-order valence-electron chi connectivity index (χ4n) is 5.06. The van der Waals surface area contributed by atoms with Crippen LogP contribution in [0.15, 0.2) is 12.2 Å². The Labute approximate surface area is 265 Å². The third-order valence-electron chi connectivity index (χ3n) is 7.90. The van der Waals surface area contributed by atoms with Crippen LogP contribution in [0.5, 0.6) is 0 Å². The van der Waals surface area contributed by atoms with Gasteiger partial charge in [-0.15, -0.1) is 0 Å². The molecule has 0 amide bonds. The number of allylic oxidation sites excluding steroid dienone is 2. The summed E-state index contributed by atoms with van der Waals surface area (Å²) >= 11 is 0. The number of carbonyl (C=O) groups excluding carboxylic acids is 2. The number of unbranched alkanes of at least 4 members (excludes halogenated alkanes) is 14. The lowest BCUT2D eigenvalue weighted by Crippen LogP contribution is -2.59. The first-order chi connectivity index (χ1) is 21.3. The number of ether oxygens (including phenoxy) is 4. The number of hydrogen-bond acceptors (Lipinski definition) is 10. The Balaban J connectivity index is 2.43. The molecule has 1 rings (SSSR count). The summed E-state index contributed by atoms with van der Waals surface area (Å²) in [5.74, 6) is -0.825. The van der Waals surface area contributed by atoms with Gasteiger partial charge < -0.3 is 39.4 Å². The zero-order valence-corrected chi connectivity index (χ0v) is 27.4. The van der Waals surface area contributed by atoms with E-state index in [1.54, 1.807) is 0 Å². The molecule has 0 spiro atoms. The summed E-state index contributed by atoms with van der Waals surface area (Å²) in [5, 5.41) is 39.7. The molecule has 2 unspecified atom stereocenters. The topological polar surface area (TPSA) is 152 Å². The van der Waals surface area contributed by atoms with Gasteiger partial charge in [-0.25, -0.2) is 0 Å². The molecule has 1 heterocycles. The van der Waals surface area contributed by atoms with Crippen molar-refractivity contribution in [2.75, 3.05) is 19.8 Å². The van der Waals surface area contributed by atoms with Crippen LogP contribution in [-0.4, -0.2) is 89.0 Å². The van der Waals surface area contributed by atoms with Gasteiger partial charge in [-0.3, -0.25) is 9.59 Å². The van der Waals surface area contributed by atoms with E-state index in [1.165, 1.54) is 38.5 Å². The Hall–Kier alpha value is -1.56. The van der Waals surface area contributed by atoms with E-state index in [-0.39, 0.29) is 32.0 Å². The van der Waals surface area contributed by atoms with Gasteiger partial charge in [0.2, 0.25) is 0 Å². The monoisotopic (exact) mass is 630 g/mol. The second-order valence-corrected chi connectivity index (χ2v) is 12.0. The highest BCUT2D eigenvalue weighted by atomic mass is 16.7. The molecule has 44 heavy (non-hydrogen) atoms. The molecule has 1 fully saturated rings. The summed E-state index contributed by atoms with van der Waals surface area (Å²) in [4.78, 5) is 24.9. The standard InChI is InChI=1S/C34H62O10/c1-3-5-7-9-11-12-13-14-15-17-18-20-22-29(36)41-25-27(43-30(37)23-21-19-16-10-8-6-4-2)26-42-34-33(40)32(39)31(38)28(24-35)44-34/h11-12,27-28,31-35,38-40H,3-10,13-26H2,1-2H3/b12-11+/t27-,28-,31+,32?,33?,34-/m0/s1. The minimum Gasteiger partial charge on any atom is -0.462 e. The predicted molar refractivity (Wildman–Crippen MR) is 169 cm³/mol. The highest BCUT2D eigenvalue weighted by Crippen LogP contribution is 2.22. The van der Waals surface area contributed by atoms with E-state index in [4.69, 9.17) is 18.9 Å². The van der Waals surface area contributed by atoms with Crippen molar-refractivity contribution < 1.29 is 49.0 Å². The second kappa shape index (κ2) is 26.6. The van der Waals surface area contributed by atoms with Crippen molar-refractivity contribution >= 4 is 11.9 Å². The van der Waals surface area contributed by atoms with Gasteiger partial charge in [-0.1, -0.05) is 96.6 Å². The van der Waals surface area contributed by atoms with E-state index in [1.807, 2.05) is 0 Å². The molecule has 0 aromatic heterocycles. The predicted octanol–water partition coefficient (Wildman–Crippen LogP) is 5.27. The number of hydrogen-bond donors (Lipinski definition) is 4. The van der Waals surface area contributed by atoms with Crippen LogP contribution in [0.2, 0.25) is 0 Å². The number of rotatable bonds is 27. The Morgan fingerprint density at radius 1 is 0.682 bits per heavy atom. The lowest BCUT2D eigenvalue weighted by atomic mass is 9.99. The Morgan fingerprint density at radius 3 is 1.82 bits per heavy atom. The molecule has 1 aliphatic heterocycles. The van der Waals surface area contributed by atoms with Gasteiger partial charge in [0.25, 0.3) is 0 Å². The van der Waals surface area contributed by atoms with Crippen LogP contribution in [0.25, 0.3) is 0 Å². The molecule has 1 aliphatic rings. The van der Waals surface area contributed by atoms with E-state index in [0.29, 0.717) is 6.42 Å². The lowest BCUT2D eigenvalue weighted by molar-refractivity contribution is -0.305. The Morgan fingerprint density at radius 2 is 1.20 bits per heavy atom. The Kier molecular flexibility index (Phi) is 24.5. The molecular weight excluding hydrogens is 568 g/mol. The second-order valence-electron chi connectivity index (χ2n) is 12.0. The molecule has 1 saturated heterocycles. The van der Waals surface area contributed by atoms with Crippen LogP contribution in [0, 0.1) is 0 Å². The normalized spacial score (nSPS) is 22.7.